The lowest BCUT2D eigenvalue weighted by Crippen LogP contribution is -2.39. The van der Waals surface area contributed by atoms with Gasteiger partial charge >= 0.3 is 0 Å². The molecule has 0 fully saturated rings. The van der Waals surface area contributed by atoms with Crippen LogP contribution in [0, 0.1) is 5.92 Å². The molecule has 21 heavy (non-hydrogen) atoms. The molecule has 6 heteroatoms. The van der Waals surface area contributed by atoms with Gasteiger partial charge in [-0.05, 0) is 13.0 Å². The zero-order valence-electron chi connectivity index (χ0n) is 12.7. The number of amidine groups is 1. The van der Waals surface area contributed by atoms with E-state index in [-0.39, 0.29) is 24.1 Å². The molecule has 1 aromatic carbocycles. The molecule has 6 nitrogen and oxygen atoms in total. The Morgan fingerprint density at radius 3 is 2.71 bits per heavy atom. The van der Waals surface area contributed by atoms with Crippen molar-refractivity contribution < 1.29 is 14.7 Å². The van der Waals surface area contributed by atoms with E-state index in [1.54, 1.807) is 12.0 Å². The van der Waals surface area contributed by atoms with Gasteiger partial charge in [-0.3, -0.25) is 4.79 Å². The first-order valence-electron chi connectivity index (χ1n) is 6.90. The third-order valence-corrected chi connectivity index (χ3v) is 3.38. The first-order valence-corrected chi connectivity index (χ1v) is 6.90. The molecule has 0 saturated carbocycles. The van der Waals surface area contributed by atoms with Crippen LogP contribution in [0.5, 0.6) is 5.75 Å². The highest BCUT2D eigenvalue weighted by Crippen LogP contribution is 2.18. The van der Waals surface area contributed by atoms with Gasteiger partial charge in [0.1, 0.15) is 11.6 Å². The van der Waals surface area contributed by atoms with Crippen molar-refractivity contribution in [2.24, 2.45) is 16.8 Å². The van der Waals surface area contributed by atoms with Crippen LogP contribution in [0.1, 0.15) is 19.4 Å². The normalized spacial score (nSPS) is 12.8. The van der Waals surface area contributed by atoms with Gasteiger partial charge < -0.3 is 20.6 Å². The lowest BCUT2D eigenvalue weighted by molar-refractivity contribution is -0.130. The minimum atomic E-state index is -0.198. The van der Waals surface area contributed by atoms with Gasteiger partial charge in [-0.1, -0.05) is 30.3 Å². The summed E-state index contributed by atoms with van der Waals surface area (Å²) in [5.74, 6) is 0.612. The zero-order chi connectivity index (χ0) is 15.8. The first kappa shape index (κ1) is 16.8. The molecule has 1 rings (SSSR count). The minimum absolute atomic E-state index is 0.0143. The van der Waals surface area contributed by atoms with Crippen molar-refractivity contribution in [1.29, 1.82) is 0 Å². The summed E-state index contributed by atoms with van der Waals surface area (Å²) in [4.78, 5) is 14.1. The van der Waals surface area contributed by atoms with Crippen molar-refractivity contribution in [3.63, 3.8) is 0 Å². The van der Waals surface area contributed by atoms with Crippen molar-refractivity contribution in [3.8, 4) is 5.75 Å². The highest BCUT2D eigenvalue weighted by Gasteiger charge is 2.18. The van der Waals surface area contributed by atoms with Crippen LogP contribution in [-0.4, -0.2) is 42.0 Å². The van der Waals surface area contributed by atoms with Gasteiger partial charge in [-0.2, -0.15) is 0 Å². The van der Waals surface area contributed by atoms with E-state index in [9.17, 15) is 4.79 Å². The number of nitrogens with two attached hydrogens (primary N) is 1. The second-order valence-electron chi connectivity index (χ2n) is 4.85. The van der Waals surface area contributed by atoms with Gasteiger partial charge in [0.05, 0.1) is 13.5 Å². The van der Waals surface area contributed by atoms with Gasteiger partial charge in [0.15, 0.2) is 0 Å². The van der Waals surface area contributed by atoms with Gasteiger partial charge in [0, 0.05) is 24.6 Å². The number of amides is 1. The van der Waals surface area contributed by atoms with Gasteiger partial charge in [-0.25, -0.2) is 0 Å². The largest absolute Gasteiger partial charge is 0.496 e. The number of ether oxygens (including phenoxy) is 1. The molecule has 1 atom stereocenters. The molecular weight excluding hydrogens is 270 g/mol. The molecule has 0 aromatic heterocycles. The number of carbonyl (C=O) groups excluding carboxylic acids is 1. The Kier molecular flexibility index (Phi) is 6.52. The maximum atomic E-state index is 12.4. The second kappa shape index (κ2) is 8.14. The number of nitrogens with zero attached hydrogens (tertiary/aromatic N) is 2. The van der Waals surface area contributed by atoms with Crippen LogP contribution in [0.15, 0.2) is 29.4 Å². The Morgan fingerprint density at radius 1 is 1.48 bits per heavy atom. The average Bonchev–Trinajstić information content (AvgIpc) is 2.51. The fourth-order valence-corrected chi connectivity index (χ4v) is 2.05. The summed E-state index contributed by atoms with van der Waals surface area (Å²) in [6, 6.07) is 7.45. The third kappa shape index (κ3) is 4.66. The smallest absolute Gasteiger partial charge is 0.227 e. The number of likely N-dealkylation sites (N-methyl/N-ethyl adjacent to an activating group) is 1. The van der Waals surface area contributed by atoms with E-state index in [2.05, 4.69) is 5.16 Å². The Bertz CT molecular complexity index is 503. The van der Waals surface area contributed by atoms with Crippen molar-refractivity contribution in [2.45, 2.75) is 20.3 Å². The topological polar surface area (TPSA) is 88.1 Å². The number of oxime groups is 1. The van der Waals surface area contributed by atoms with E-state index in [0.717, 1.165) is 5.56 Å². The van der Waals surface area contributed by atoms with Crippen LogP contribution in [-0.2, 0) is 11.2 Å². The number of benzene rings is 1. The minimum Gasteiger partial charge on any atom is -0.496 e. The summed E-state index contributed by atoms with van der Waals surface area (Å²) in [7, 11) is 1.58. The predicted molar refractivity (Wildman–Crippen MR) is 81.5 cm³/mol. The molecule has 0 aliphatic rings. The van der Waals surface area contributed by atoms with E-state index in [1.165, 1.54) is 0 Å². The number of para-hydroxylation sites is 1. The maximum Gasteiger partial charge on any atom is 0.227 e. The molecule has 0 radical (unpaired) electrons. The molecule has 0 saturated heterocycles. The molecule has 3 N–H and O–H groups in total. The molecule has 0 bridgehead atoms. The standard InChI is InChI=1S/C15H23N3O3/c1-4-18(10-11(2)15(16)17-20)14(19)9-12-7-5-6-8-13(12)21-3/h5-8,11,20H,4,9-10H2,1-3H3,(H2,16,17). The highest BCUT2D eigenvalue weighted by atomic mass is 16.5. The second-order valence-corrected chi connectivity index (χ2v) is 4.85. The van der Waals surface area contributed by atoms with Crippen molar-refractivity contribution in [1.82, 2.24) is 4.90 Å². The summed E-state index contributed by atoms with van der Waals surface area (Å²) in [6.07, 6.45) is 0.265. The molecule has 1 unspecified atom stereocenters. The van der Waals surface area contributed by atoms with E-state index >= 15 is 0 Å². The van der Waals surface area contributed by atoms with Crippen LogP contribution in [0.4, 0.5) is 0 Å². The van der Waals surface area contributed by atoms with Gasteiger partial charge in [0.2, 0.25) is 5.91 Å². The number of carbonyl (C=O) groups is 1. The fraction of sp³-hybridized carbons (Fsp3) is 0.467. The van der Waals surface area contributed by atoms with E-state index in [1.807, 2.05) is 38.1 Å². The van der Waals surface area contributed by atoms with Gasteiger partial charge in [-0.15, -0.1) is 0 Å². The average molecular weight is 293 g/mol. The summed E-state index contributed by atoms with van der Waals surface area (Å²) in [6.45, 7) is 4.70. The van der Waals surface area contributed by atoms with Crippen LogP contribution in [0.2, 0.25) is 0 Å². The zero-order valence-corrected chi connectivity index (χ0v) is 12.7. The third-order valence-electron chi connectivity index (χ3n) is 3.38. The monoisotopic (exact) mass is 293 g/mol. The van der Waals surface area contributed by atoms with Crippen molar-refractivity contribution in [2.75, 3.05) is 20.2 Å². The quantitative estimate of drug-likeness (QED) is 0.345. The molecule has 0 aliphatic carbocycles. The Hall–Kier alpha value is -2.24. The van der Waals surface area contributed by atoms with Crippen molar-refractivity contribution in [3.05, 3.63) is 29.8 Å². The summed E-state index contributed by atoms with van der Waals surface area (Å²) < 4.78 is 5.25. The highest BCUT2D eigenvalue weighted by molar-refractivity contribution is 5.84. The van der Waals surface area contributed by atoms with Crippen molar-refractivity contribution >= 4 is 11.7 Å². The maximum absolute atomic E-state index is 12.4. The van der Waals surface area contributed by atoms with E-state index in [0.29, 0.717) is 18.8 Å². The molecule has 0 aliphatic heterocycles. The first-order chi connectivity index (χ1) is 10.0. The molecular formula is C15H23N3O3. The lowest BCUT2D eigenvalue weighted by atomic mass is 10.1. The summed E-state index contributed by atoms with van der Waals surface area (Å²) >= 11 is 0. The SMILES string of the molecule is CCN(CC(C)C(N)=NO)C(=O)Cc1ccccc1OC. The Morgan fingerprint density at radius 2 is 2.14 bits per heavy atom. The van der Waals surface area contributed by atoms with Crippen LogP contribution < -0.4 is 10.5 Å². The van der Waals surface area contributed by atoms with Crippen LogP contribution in [0.3, 0.4) is 0 Å². The van der Waals surface area contributed by atoms with Gasteiger partial charge in [0.25, 0.3) is 0 Å². The molecule has 0 heterocycles. The summed E-state index contributed by atoms with van der Waals surface area (Å²) in [5, 5.41) is 11.7. The Labute approximate surface area is 125 Å². The van der Waals surface area contributed by atoms with Crippen LogP contribution in [0.25, 0.3) is 0 Å². The molecule has 0 spiro atoms. The number of hydrogen-bond acceptors (Lipinski definition) is 4. The number of rotatable bonds is 7. The fourth-order valence-electron chi connectivity index (χ4n) is 2.05. The van der Waals surface area contributed by atoms with E-state index < -0.39 is 0 Å². The Balaban J connectivity index is 2.75. The molecule has 116 valence electrons. The molecule has 1 aromatic rings. The number of methoxy groups -OCH3 is 1. The predicted octanol–water partition coefficient (Wildman–Crippen LogP) is 1.47. The molecule has 1 amide bonds. The number of hydrogen-bond donors (Lipinski definition) is 2. The lowest BCUT2D eigenvalue weighted by Gasteiger charge is -2.24. The summed E-state index contributed by atoms with van der Waals surface area (Å²) in [5.41, 5.74) is 6.41. The van der Waals surface area contributed by atoms with Crippen LogP contribution >= 0.6 is 0 Å². The van der Waals surface area contributed by atoms with E-state index in [4.69, 9.17) is 15.7 Å².